The number of aromatic nitrogens is 2. The van der Waals surface area contributed by atoms with Crippen LogP contribution in [0.5, 0.6) is 0 Å². The van der Waals surface area contributed by atoms with Crippen molar-refractivity contribution in [2.45, 2.75) is 38.0 Å². The van der Waals surface area contributed by atoms with E-state index in [9.17, 15) is 18.0 Å². The molecule has 0 saturated carbocycles. The monoisotopic (exact) mass is 586 g/mol. The fourth-order valence-electron chi connectivity index (χ4n) is 5.87. The van der Waals surface area contributed by atoms with Crippen molar-refractivity contribution in [1.29, 1.82) is 0 Å². The third-order valence-electron chi connectivity index (χ3n) is 8.05. The Hall–Kier alpha value is -2.82. The molecule has 3 atom stereocenters. The van der Waals surface area contributed by atoms with Gasteiger partial charge in [0.2, 0.25) is 5.91 Å². The number of alkyl halides is 1. The van der Waals surface area contributed by atoms with Gasteiger partial charge in [-0.2, -0.15) is 11.8 Å². The van der Waals surface area contributed by atoms with E-state index in [0.717, 1.165) is 23.8 Å². The van der Waals surface area contributed by atoms with Crippen molar-refractivity contribution in [3.8, 4) is 11.3 Å². The van der Waals surface area contributed by atoms with Crippen LogP contribution in [0.1, 0.15) is 36.7 Å². The van der Waals surface area contributed by atoms with E-state index in [2.05, 4.69) is 5.32 Å². The molecule has 0 spiro atoms. The molecule has 0 aliphatic carbocycles. The van der Waals surface area contributed by atoms with Crippen molar-refractivity contribution >= 4 is 17.7 Å². The maximum atomic E-state index is 15.0. The summed E-state index contributed by atoms with van der Waals surface area (Å²) < 4.78 is 51.8. The van der Waals surface area contributed by atoms with Crippen molar-refractivity contribution in [1.82, 2.24) is 19.8 Å². The average Bonchev–Trinajstić information content (AvgIpc) is 3.59. The molecule has 41 heavy (non-hydrogen) atoms. The summed E-state index contributed by atoms with van der Waals surface area (Å²) in [5, 5.41) is 3.11. The van der Waals surface area contributed by atoms with E-state index in [1.165, 1.54) is 0 Å². The number of nitrogens with zero attached hydrogens (tertiary/aromatic N) is 3. The molecule has 3 aromatic rings. The highest BCUT2D eigenvalue weighted by atomic mass is 32.2. The van der Waals surface area contributed by atoms with Gasteiger partial charge in [-0.05, 0) is 48.8 Å². The van der Waals surface area contributed by atoms with Crippen LogP contribution in [0.25, 0.3) is 11.3 Å². The number of nitrogens with one attached hydrogen (secondary N) is 1. The number of benzene rings is 2. The normalized spacial score (nSPS) is 20.3. The summed E-state index contributed by atoms with van der Waals surface area (Å²) >= 11 is 1.59. The number of hydrogen-bond donors (Lipinski definition) is 1. The zero-order chi connectivity index (χ0) is 28.8. The number of hydrogen-bond acceptors (Lipinski definition) is 5. The maximum absolute atomic E-state index is 15.0. The lowest BCUT2D eigenvalue weighted by Gasteiger charge is -2.40. The van der Waals surface area contributed by atoms with Gasteiger partial charge in [-0.1, -0.05) is 30.3 Å². The summed E-state index contributed by atoms with van der Waals surface area (Å²) in [6, 6.07) is 12.7. The smallest absolute Gasteiger partial charge is 0.224 e. The Morgan fingerprint density at radius 2 is 1.95 bits per heavy atom. The molecule has 1 aromatic heterocycles. The predicted octanol–water partition coefficient (Wildman–Crippen LogP) is 5.48. The van der Waals surface area contributed by atoms with Crippen LogP contribution < -0.4 is 5.32 Å². The van der Waals surface area contributed by atoms with Crippen LogP contribution in [0.3, 0.4) is 0 Å². The number of imidazole rings is 1. The molecule has 0 radical (unpaired) electrons. The first kappa shape index (κ1) is 29.7. The Bertz CT molecular complexity index is 1300. The Morgan fingerprint density at radius 3 is 2.66 bits per heavy atom. The standard InChI is InChI=1S/C31H37F3N4O2S/c1-41-14-11-29(39)38(19-23-16-35-17-27(23)34)30(22-9-12-40-13-10-22)31-36-28(25-15-24(32)7-8-26(25)33)20-37(31)18-21-5-3-2-4-6-21/h2-8,15,20,22-23,27,30,35H,9-14,16-19H2,1H3/t23-,27-,30+/m0/s1. The second kappa shape index (κ2) is 13.9. The van der Waals surface area contributed by atoms with E-state index in [1.54, 1.807) is 18.0 Å². The summed E-state index contributed by atoms with van der Waals surface area (Å²) in [7, 11) is 0. The molecule has 2 aromatic carbocycles. The molecule has 10 heteroatoms. The summed E-state index contributed by atoms with van der Waals surface area (Å²) in [6.45, 7) is 2.55. The largest absolute Gasteiger partial charge is 0.381 e. The Balaban J connectivity index is 1.63. The molecule has 0 bridgehead atoms. The topological polar surface area (TPSA) is 59.4 Å². The number of halogens is 3. The molecule has 5 rings (SSSR count). The summed E-state index contributed by atoms with van der Waals surface area (Å²) in [5.41, 5.74) is 1.37. The summed E-state index contributed by atoms with van der Waals surface area (Å²) in [4.78, 5) is 20.7. The predicted molar refractivity (Wildman–Crippen MR) is 155 cm³/mol. The average molecular weight is 587 g/mol. The number of rotatable bonds is 11. The first-order valence-corrected chi connectivity index (χ1v) is 15.6. The fraction of sp³-hybridized carbons (Fsp3) is 0.484. The highest BCUT2D eigenvalue weighted by Gasteiger charge is 2.40. The quantitative estimate of drug-likeness (QED) is 0.322. The minimum atomic E-state index is -1.05. The van der Waals surface area contributed by atoms with Gasteiger partial charge in [0.25, 0.3) is 0 Å². The lowest BCUT2D eigenvalue weighted by molar-refractivity contribution is -0.137. The number of carbonyl (C=O) groups excluding carboxylic acids is 1. The van der Waals surface area contributed by atoms with Gasteiger partial charge in [-0.3, -0.25) is 4.79 Å². The van der Waals surface area contributed by atoms with Gasteiger partial charge in [0.1, 0.15) is 23.6 Å². The molecule has 220 valence electrons. The highest BCUT2D eigenvalue weighted by molar-refractivity contribution is 7.98. The molecule has 3 heterocycles. The number of thioether (sulfide) groups is 1. The first-order valence-electron chi connectivity index (χ1n) is 14.2. The zero-order valence-corrected chi connectivity index (χ0v) is 24.1. The summed E-state index contributed by atoms with van der Waals surface area (Å²) in [6.07, 6.45) is 4.39. The Labute approximate surface area is 243 Å². The number of amides is 1. The van der Waals surface area contributed by atoms with Crippen LogP contribution in [0, 0.1) is 23.5 Å². The molecule has 1 N–H and O–H groups in total. The first-order chi connectivity index (χ1) is 19.9. The van der Waals surface area contributed by atoms with Crippen molar-refractivity contribution in [3.63, 3.8) is 0 Å². The van der Waals surface area contributed by atoms with E-state index in [0.29, 0.717) is 62.8 Å². The van der Waals surface area contributed by atoms with Crippen molar-refractivity contribution in [2.75, 3.05) is 44.9 Å². The van der Waals surface area contributed by atoms with Crippen LogP contribution in [-0.2, 0) is 16.1 Å². The van der Waals surface area contributed by atoms with E-state index >= 15 is 0 Å². The molecule has 2 saturated heterocycles. The van der Waals surface area contributed by atoms with Crippen LogP contribution in [0.4, 0.5) is 13.2 Å². The molecule has 6 nitrogen and oxygen atoms in total. The number of ether oxygens (including phenoxy) is 1. The Kier molecular flexibility index (Phi) is 10.1. The zero-order valence-electron chi connectivity index (χ0n) is 23.3. The van der Waals surface area contributed by atoms with E-state index in [1.807, 2.05) is 46.1 Å². The van der Waals surface area contributed by atoms with Gasteiger partial charge in [-0.25, -0.2) is 18.2 Å². The SMILES string of the molecule is CSCCC(=O)N(C[C@@H]1CNC[C@@H]1F)[C@@H](c1nc(-c2cc(F)ccc2F)cn1Cc1ccccc1)C1CCOCC1. The molecule has 1 amide bonds. The van der Waals surface area contributed by atoms with Crippen molar-refractivity contribution in [2.24, 2.45) is 11.8 Å². The molecule has 2 aliphatic rings. The van der Waals surface area contributed by atoms with Gasteiger partial charge in [-0.15, -0.1) is 0 Å². The van der Waals surface area contributed by atoms with Crippen molar-refractivity contribution in [3.05, 3.63) is 77.8 Å². The van der Waals surface area contributed by atoms with Crippen LogP contribution in [0.15, 0.2) is 54.7 Å². The lowest BCUT2D eigenvalue weighted by atomic mass is 9.88. The third-order valence-corrected chi connectivity index (χ3v) is 8.66. The lowest BCUT2D eigenvalue weighted by Crippen LogP contribution is -2.45. The van der Waals surface area contributed by atoms with Gasteiger partial charge in [0.15, 0.2) is 0 Å². The maximum Gasteiger partial charge on any atom is 0.224 e. The van der Waals surface area contributed by atoms with Crippen LogP contribution in [0.2, 0.25) is 0 Å². The van der Waals surface area contributed by atoms with Crippen LogP contribution in [-0.4, -0.2) is 71.4 Å². The molecular formula is C31H37F3N4O2S. The second-order valence-electron chi connectivity index (χ2n) is 10.8. The van der Waals surface area contributed by atoms with Crippen molar-refractivity contribution < 1.29 is 22.7 Å². The number of carbonyl (C=O) groups is 1. The summed E-state index contributed by atoms with van der Waals surface area (Å²) in [5.74, 6) is -0.269. The third kappa shape index (κ3) is 7.16. The van der Waals surface area contributed by atoms with E-state index < -0.39 is 23.8 Å². The van der Waals surface area contributed by atoms with Gasteiger partial charge in [0, 0.05) is 69.2 Å². The van der Waals surface area contributed by atoms with Gasteiger partial charge < -0.3 is 19.5 Å². The van der Waals surface area contributed by atoms with Gasteiger partial charge in [0.05, 0.1) is 11.7 Å². The molecule has 0 unspecified atom stereocenters. The minimum Gasteiger partial charge on any atom is -0.381 e. The fourth-order valence-corrected chi connectivity index (χ4v) is 6.25. The second-order valence-corrected chi connectivity index (χ2v) is 11.8. The minimum absolute atomic E-state index is 0.0107. The Morgan fingerprint density at radius 1 is 1.17 bits per heavy atom. The van der Waals surface area contributed by atoms with Crippen LogP contribution >= 0.6 is 11.8 Å². The van der Waals surface area contributed by atoms with E-state index in [4.69, 9.17) is 9.72 Å². The molecule has 2 aliphatic heterocycles. The van der Waals surface area contributed by atoms with E-state index in [-0.39, 0.29) is 36.4 Å². The molecule has 2 fully saturated rings. The molecular weight excluding hydrogens is 549 g/mol. The highest BCUT2D eigenvalue weighted by Crippen LogP contribution is 2.38. The van der Waals surface area contributed by atoms with Gasteiger partial charge >= 0.3 is 0 Å².